The summed E-state index contributed by atoms with van der Waals surface area (Å²) in [5.74, 6) is 0. The van der Waals surface area contributed by atoms with E-state index in [9.17, 15) is 0 Å². The van der Waals surface area contributed by atoms with E-state index in [0.29, 0.717) is 6.61 Å². The predicted molar refractivity (Wildman–Crippen MR) is 51.7 cm³/mol. The Balaban J connectivity index is 1.43. The molecule has 0 aromatic rings. The van der Waals surface area contributed by atoms with Crippen LogP contribution in [0.25, 0.3) is 0 Å². The molecule has 0 N–H and O–H groups in total. The molecular weight excluding hydrogens is 212 g/mol. The van der Waals surface area contributed by atoms with E-state index < -0.39 is 0 Å². The van der Waals surface area contributed by atoms with Gasteiger partial charge < -0.3 is 23.7 Å². The highest BCUT2D eigenvalue weighted by atomic mass is 16.8. The Morgan fingerprint density at radius 1 is 1.00 bits per heavy atom. The first-order valence-corrected chi connectivity index (χ1v) is 6.11. The molecule has 0 aromatic carbocycles. The van der Waals surface area contributed by atoms with Crippen LogP contribution >= 0.6 is 0 Å². The van der Waals surface area contributed by atoms with Gasteiger partial charge in [0.1, 0.15) is 24.4 Å². The Hall–Kier alpha value is -0.200. The molecule has 4 saturated heterocycles. The average molecular weight is 228 g/mol. The molecule has 90 valence electrons. The van der Waals surface area contributed by atoms with Crippen molar-refractivity contribution in [3.8, 4) is 0 Å². The predicted octanol–water partition coefficient (Wildman–Crippen LogP) is 0.421. The van der Waals surface area contributed by atoms with Crippen molar-refractivity contribution < 1.29 is 23.7 Å². The lowest BCUT2D eigenvalue weighted by molar-refractivity contribution is -0.218. The number of fused-ring (bicyclic) bond motifs is 4. The summed E-state index contributed by atoms with van der Waals surface area (Å²) in [4.78, 5) is 0. The van der Waals surface area contributed by atoms with Crippen LogP contribution in [0.4, 0.5) is 0 Å². The van der Waals surface area contributed by atoms with E-state index in [1.165, 1.54) is 6.42 Å². The van der Waals surface area contributed by atoms with Gasteiger partial charge in [0.05, 0.1) is 6.61 Å². The maximum Gasteiger partial charge on any atom is 0.187 e. The Bertz CT molecular complexity index is 278. The van der Waals surface area contributed by atoms with Gasteiger partial charge in [-0.25, -0.2) is 0 Å². The summed E-state index contributed by atoms with van der Waals surface area (Å²) in [6.45, 7) is 1.43. The van der Waals surface area contributed by atoms with Gasteiger partial charge in [-0.05, 0) is 19.3 Å². The normalized spacial score (nSPS) is 54.8. The zero-order valence-corrected chi connectivity index (χ0v) is 9.04. The zero-order chi connectivity index (χ0) is 10.5. The molecule has 3 unspecified atom stereocenters. The molecular formula is C11H16O5. The van der Waals surface area contributed by atoms with Crippen LogP contribution in [0.15, 0.2) is 0 Å². The molecule has 6 atom stereocenters. The third-order valence-corrected chi connectivity index (χ3v) is 3.70. The van der Waals surface area contributed by atoms with E-state index in [0.717, 1.165) is 19.4 Å². The van der Waals surface area contributed by atoms with Gasteiger partial charge in [-0.3, -0.25) is 0 Å². The SMILES string of the molecule is C1CCC(O[C@@H]2C3CO[C@H](O3)C3O[C@@H]32)OC1. The maximum atomic E-state index is 5.96. The first kappa shape index (κ1) is 9.79. The van der Waals surface area contributed by atoms with Gasteiger partial charge in [-0.2, -0.15) is 0 Å². The molecule has 0 saturated carbocycles. The van der Waals surface area contributed by atoms with Gasteiger partial charge in [0.25, 0.3) is 0 Å². The molecule has 0 amide bonds. The Labute approximate surface area is 93.9 Å². The van der Waals surface area contributed by atoms with Crippen molar-refractivity contribution in [2.45, 2.75) is 56.3 Å². The second-order valence-corrected chi connectivity index (χ2v) is 4.84. The van der Waals surface area contributed by atoms with Crippen LogP contribution in [-0.4, -0.2) is 50.2 Å². The van der Waals surface area contributed by atoms with E-state index in [2.05, 4.69) is 0 Å². The van der Waals surface area contributed by atoms with Gasteiger partial charge in [0, 0.05) is 6.61 Å². The fourth-order valence-electron chi connectivity index (χ4n) is 2.77. The molecule has 2 bridgehead atoms. The van der Waals surface area contributed by atoms with Crippen LogP contribution in [0, 0.1) is 0 Å². The van der Waals surface area contributed by atoms with Gasteiger partial charge in [0.2, 0.25) is 0 Å². The number of hydrogen-bond donors (Lipinski definition) is 0. The second kappa shape index (κ2) is 3.65. The molecule has 4 aliphatic heterocycles. The largest absolute Gasteiger partial charge is 0.361 e. The molecule has 0 spiro atoms. The van der Waals surface area contributed by atoms with E-state index in [1.807, 2.05) is 0 Å². The van der Waals surface area contributed by atoms with Gasteiger partial charge in [-0.15, -0.1) is 0 Å². The van der Waals surface area contributed by atoms with Crippen LogP contribution in [0.2, 0.25) is 0 Å². The monoisotopic (exact) mass is 228 g/mol. The lowest BCUT2D eigenvalue weighted by atomic mass is 10.1. The van der Waals surface area contributed by atoms with Crippen LogP contribution in [0.3, 0.4) is 0 Å². The number of rotatable bonds is 2. The molecule has 16 heavy (non-hydrogen) atoms. The zero-order valence-electron chi connectivity index (χ0n) is 9.04. The quantitative estimate of drug-likeness (QED) is 0.641. The third-order valence-electron chi connectivity index (χ3n) is 3.70. The van der Waals surface area contributed by atoms with Crippen molar-refractivity contribution >= 4 is 0 Å². The molecule has 0 radical (unpaired) electrons. The standard InChI is InChI=1S/C11H16O5/c1-2-4-12-7(3-1)15-8-6-5-13-11(14-6)10-9(8)16-10/h6-11H,1-5H2/t6?,7?,8-,9-,10?,11-/m1/s1. The lowest BCUT2D eigenvalue weighted by Gasteiger charge is -2.30. The fourth-order valence-corrected chi connectivity index (χ4v) is 2.77. The van der Waals surface area contributed by atoms with Crippen molar-refractivity contribution in [1.29, 1.82) is 0 Å². The van der Waals surface area contributed by atoms with Crippen molar-refractivity contribution in [3.05, 3.63) is 0 Å². The Morgan fingerprint density at radius 2 is 2.00 bits per heavy atom. The minimum Gasteiger partial charge on any atom is -0.361 e. The van der Waals surface area contributed by atoms with E-state index in [1.54, 1.807) is 0 Å². The molecule has 4 heterocycles. The summed E-state index contributed by atoms with van der Waals surface area (Å²) < 4.78 is 28.2. The van der Waals surface area contributed by atoms with Crippen molar-refractivity contribution in [3.63, 3.8) is 0 Å². The van der Waals surface area contributed by atoms with Gasteiger partial charge in [-0.1, -0.05) is 0 Å². The molecule has 5 heteroatoms. The van der Waals surface area contributed by atoms with Crippen molar-refractivity contribution in [2.75, 3.05) is 13.2 Å². The van der Waals surface area contributed by atoms with E-state index >= 15 is 0 Å². The first-order chi connectivity index (χ1) is 7.92. The van der Waals surface area contributed by atoms with E-state index in [-0.39, 0.29) is 37.0 Å². The Morgan fingerprint density at radius 3 is 2.88 bits per heavy atom. The minimum atomic E-state index is -0.151. The highest BCUT2D eigenvalue weighted by molar-refractivity contribution is 5.04. The second-order valence-electron chi connectivity index (χ2n) is 4.84. The van der Waals surface area contributed by atoms with Gasteiger partial charge in [0.15, 0.2) is 12.6 Å². The molecule has 4 rings (SSSR count). The smallest absolute Gasteiger partial charge is 0.187 e. The van der Waals surface area contributed by atoms with Crippen molar-refractivity contribution in [1.82, 2.24) is 0 Å². The van der Waals surface area contributed by atoms with Crippen LogP contribution < -0.4 is 0 Å². The van der Waals surface area contributed by atoms with Crippen molar-refractivity contribution in [2.24, 2.45) is 0 Å². The Kier molecular flexibility index (Phi) is 2.23. The van der Waals surface area contributed by atoms with E-state index in [4.69, 9.17) is 23.7 Å². The highest BCUT2D eigenvalue weighted by Gasteiger charge is 2.62. The average Bonchev–Trinajstić information content (AvgIpc) is 3.01. The summed E-state index contributed by atoms with van der Waals surface area (Å²) in [6.07, 6.45) is 3.33. The summed E-state index contributed by atoms with van der Waals surface area (Å²) in [5, 5.41) is 0. The third kappa shape index (κ3) is 1.50. The van der Waals surface area contributed by atoms with Gasteiger partial charge >= 0.3 is 0 Å². The summed E-state index contributed by atoms with van der Waals surface area (Å²) >= 11 is 0. The highest BCUT2D eigenvalue weighted by Crippen LogP contribution is 2.43. The molecule has 5 nitrogen and oxygen atoms in total. The number of ether oxygens (including phenoxy) is 5. The molecule has 0 aliphatic carbocycles. The number of hydrogen-bond acceptors (Lipinski definition) is 5. The minimum absolute atomic E-state index is 0.00755. The lowest BCUT2D eigenvalue weighted by Crippen LogP contribution is -2.44. The van der Waals surface area contributed by atoms with Crippen LogP contribution in [-0.2, 0) is 23.7 Å². The molecule has 4 fully saturated rings. The number of epoxide rings is 1. The maximum absolute atomic E-state index is 5.96. The summed E-state index contributed by atoms with van der Waals surface area (Å²) in [5.41, 5.74) is 0. The topological polar surface area (TPSA) is 49.5 Å². The van der Waals surface area contributed by atoms with Crippen LogP contribution in [0.5, 0.6) is 0 Å². The first-order valence-electron chi connectivity index (χ1n) is 6.11. The molecule has 4 aliphatic rings. The summed E-state index contributed by atoms with van der Waals surface area (Å²) in [6, 6.07) is 0. The van der Waals surface area contributed by atoms with Crippen LogP contribution in [0.1, 0.15) is 19.3 Å². The summed E-state index contributed by atoms with van der Waals surface area (Å²) in [7, 11) is 0. The molecule has 0 aromatic heterocycles. The fraction of sp³-hybridized carbons (Fsp3) is 1.00.